The number of benzene rings is 1. The largest absolute Gasteiger partial charge is 0.406 e. The maximum absolute atomic E-state index is 13.2. The molecule has 0 spiro atoms. The second-order valence-electron chi connectivity index (χ2n) is 6.63. The third-order valence-corrected chi connectivity index (χ3v) is 4.70. The van der Waals surface area contributed by atoms with Crippen molar-refractivity contribution in [2.24, 2.45) is 5.92 Å². The van der Waals surface area contributed by atoms with Gasteiger partial charge in [0.15, 0.2) is 0 Å². The highest BCUT2D eigenvalue weighted by molar-refractivity contribution is 6.01. The maximum atomic E-state index is 13.2. The van der Waals surface area contributed by atoms with Gasteiger partial charge in [-0.1, -0.05) is 42.5 Å². The van der Waals surface area contributed by atoms with Crippen LogP contribution >= 0.6 is 0 Å². The number of carbonyl (C=O) groups excluding carboxylic acids is 2. The number of nitrogens with zero attached hydrogens (tertiary/aromatic N) is 1. The molecule has 0 saturated carbocycles. The van der Waals surface area contributed by atoms with Crippen molar-refractivity contribution in [1.82, 2.24) is 5.32 Å². The van der Waals surface area contributed by atoms with Crippen LogP contribution < -0.4 is 10.2 Å². The van der Waals surface area contributed by atoms with Gasteiger partial charge >= 0.3 is 6.18 Å². The van der Waals surface area contributed by atoms with Crippen molar-refractivity contribution < 1.29 is 27.9 Å². The van der Waals surface area contributed by atoms with E-state index in [0.29, 0.717) is 10.5 Å². The molecule has 0 bridgehead atoms. The molecule has 0 radical (unpaired) electrons. The van der Waals surface area contributed by atoms with Crippen LogP contribution in [0.4, 0.5) is 18.9 Å². The molecule has 0 saturated heterocycles. The number of anilines is 1. The number of rotatable bonds is 3. The number of hydrogen-bond acceptors (Lipinski definition) is 3. The first kappa shape index (κ1) is 19.2. The van der Waals surface area contributed by atoms with Gasteiger partial charge in [0, 0.05) is 17.5 Å². The lowest BCUT2D eigenvalue weighted by Gasteiger charge is -2.30. The Morgan fingerprint density at radius 3 is 2.59 bits per heavy atom. The van der Waals surface area contributed by atoms with Crippen molar-refractivity contribution in [3.8, 4) is 0 Å². The fraction of sp³-hybridized carbons (Fsp3) is 0.368. The minimum atomic E-state index is -4.61. The fourth-order valence-electron chi connectivity index (χ4n) is 3.49. The molecular weight excluding hydrogens is 361 g/mol. The van der Waals surface area contributed by atoms with Gasteiger partial charge in [0.2, 0.25) is 5.91 Å². The van der Waals surface area contributed by atoms with E-state index in [1.54, 1.807) is 42.5 Å². The number of nitrogens with one attached hydrogen (secondary N) is 1. The molecule has 2 unspecified atom stereocenters. The van der Waals surface area contributed by atoms with Crippen LogP contribution in [0.15, 0.2) is 48.6 Å². The number of fused-ring (bicyclic) bond motifs is 3. The van der Waals surface area contributed by atoms with E-state index in [9.17, 15) is 27.9 Å². The second kappa shape index (κ2) is 7.19. The molecule has 1 aliphatic carbocycles. The van der Waals surface area contributed by atoms with Gasteiger partial charge in [0.1, 0.15) is 18.7 Å². The molecule has 1 aliphatic heterocycles. The lowest BCUT2D eigenvalue weighted by Crippen LogP contribution is -2.55. The Morgan fingerprint density at radius 1 is 1.26 bits per heavy atom. The first-order valence-corrected chi connectivity index (χ1v) is 8.49. The summed E-state index contributed by atoms with van der Waals surface area (Å²) in [6.45, 7) is -0.233. The van der Waals surface area contributed by atoms with Crippen molar-refractivity contribution in [2.45, 2.75) is 31.2 Å². The smallest absolute Gasteiger partial charge is 0.384 e. The number of allylic oxidation sites excluding steroid dienone is 3. The van der Waals surface area contributed by atoms with Crippen molar-refractivity contribution in [3.05, 3.63) is 54.1 Å². The zero-order chi connectivity index (χ0) is 19.8. The van der Waals surface area contributed by atoms with Gasteiger partial charge in [-0.2, -0.15) is 13.2 Å². The Kier molecular flexibility index (Phi) is 5.10. The predicted molar refractivity (Wildman–Crippen MR) is 93.0 cm³/mol. The fourth-order valence-corrected chi connectivity index (χ4v) is 3.49. The van der Waals surface area contributed by atoms with E-state index >= 15 is 0 Å². The van der Waals surface area contributed by atoms with E-state index in [2.05, 4.69) is 5.32 Å². The Bertz CT molecular complexity index is 802. The van der Waals surface area contributed by atoms with Crippen molar-refractivity contribution >= 4 is 17.5 Å². The molecule has 1 aromatic carbocycles. The number of para-hydroxylation sites is 1. The van der Waals surface area contributed by atoms with Gasteiger partial charge in [0.25, 0.3) is 5.91 Å². The molecule has 2 N–H and O–H groups in total. The van der Waals surface area contributed by atoms with Crippen LogP contribution in [0.25, 0.3) is 0 Å². The zero-order valence-corrected chi connectivity index (χ0v) is 14.5. The van der Waals surface area contributed by atoms with Gasteiger partial charge in [0.05, 0.1) is 0 Å². The third kappa shape index (κ3) is 3.90. The molecule has 1 heterocycles. The summed E-state index contributed by atoms with van der Waals surface area (Å²) >= 11 is 0. The summed E-state index contributed by atoms with van der Waals surface area (Å²) < 4.78 is 39.5. The number of aliphatic hydroxyl groups excluding tert-OH is 1. The van der Waals surface area contributed by atoms with E-state index in [4.69, 9.17) is 0 Å². The van der Waals surface area contributed by atoms with Crippen molar-refractivity contribution in [2.75, 3.05) is 11.4 Å². The lowest BCUT2D eigenvalue weighted by atomic mass is 9.79. The molecule has 2 amide bonds. The van der Waals surface area contributed by atoms with Crippen molar-refractivity contribution in [1.29, 1.82) is 0 Å². The number of hydrogen-bond donors (Lipinski definition) is 2. The van der Waals surface area contributed by atoms with E-state index < -0.39 is 42.6 Å². The molecule has 3 rings (SSSR count). The van der Waals surface area contributed by atoms with Gasteiger partial charge in [-0.15, -0.1) is 0 Å². The lowest BCUT2D eigenvalue weighted by molar-refractivity contribution is -0.137. The van der Waals surface area contributed by atoms with Gasteiger partial charge in [-0.05, 0) is 18.6 Å². The van der Waals surface area contributed by atoms with Crippen LogP contribution in [-0.4, -0.2) is 41.8 Å². The Hall–Kier alpha value is -2.61. The first-order valence-electron chi connectivity index (χ1n) is 8.49. The van der Waals surface area contributed by atoms with Gasteiger partial charge in [-0.3, -0.25) is 9.59 Å². The van der Waals surface area contributed by atoms with Gasteiger partial charge < -0.3 is 15.3 Å². The van der Waals surface area contributed by atoms with Crippen LogP contribution in [0.1, 0.15) is 18.4 Å². The highest BCUT2D eigenvalue weighted by Gasteiger charge is 2.45. The number of halogens is 3. The third-order valence-electron chi connectivity index (χ3n) is 4.70. The van der Waals surface area contributed by atoms with Crippen LogP contribution in [0, 0.1) is 5.92 Å². The summed E-state index contributed by atoms with van der Waals surface area (Å²) in [6, 6.07) is 5.20. The van der Waals surface area contributed by atoms with E-state index in [1.807, 2.05) is 0 Å². The minimum absolute atomic E-state index is 0.170. The number of aliphatic hydroxyl groups is 1. The predicted octanol–water partition coefficient (Wildman–Crippen LogP) is 2.29. The summed E-state index contributed by atoms with van der Waals surface area (Å²) in [5, 5.41) is 11.9. The zero-order valence-electron chi connectivity index (χ0n) is 14.5. The molecule has 0 aromatic heterocycles. The Balaban J connectivity index is 2.11. The number of alkyl halides is 3. The molecule has 8 heteroatoms. The normalized spacial score (nSPS) is 25.4. The summed E-state index contributed by atoms with van der Waals surface area (Å²) in [5.41, 5.74) is 0.748. The van der Waals surface area contributed by atoms with Crippen LogP contribution in [0.5, 0.6) is 0 Å². The number of amides is 2. The summed E-state index contributed by atoms with van der Waals surface area (Å²) in [7, 11) is 0. The molecule has 144 valence electrons. The maximum Gasteiger partial charge on any atom is 0.406 e. The molecule has 2 aliphatic rings. The molecular formula is C19H19F3N2O3. The molecule has 0 fully saturated rings. The Labute approximate surface area is 154 Å². The number of carbonyl (C=O) groups is 2. The highest BCUT2D eigenvalue weighted by Crippen LogP contribution is 2.42. The monoisotopic (exact) mass is 380 g/mol. The van der Waals surface area contributed by atoms with Crippen LogP contribution in [0.3, 0.4) is 0 Å². The average molecular weight is 380 g/mol. The molecule has 4 atom stereocenters. The quantitative estimate of drug-likeness (QED) is 0.845. The second-order valence-corrected chi connectivity index (χ2v) is 6.63. The SMILES string of the molecule is C[C@H](O)C(=O)N[C@@H]1C(=O)N(CC(F)(F)F)c2ccccc2C2C=CC=CC21. The topological polar surface area (TPSA) is 69.6 Å². The van der Waals surface area contributed by atoms with Crippen LogP contribution in [0.2, 0.25) is 0 Å². The highest BCUT2D eigenvalue weighted by atomic mass is 19.4. The first-order chi connectivity index (χ1) is 12.7. The molecule has 27 heavy (non-hydrogen) atoms. The van der Waals surface area contributed by atoms with Gasteiger partial charge in [-0.25, -0.2) is 0 Å². The van der Waals surface area contributed by atoms with Crippen LogP contribution in [-0.2, 0) is 9.59 Å². The van der Waals surface area contributed by atoms with E-state index in [0.717, 1.165) is 0 Å². The minimum Gasteiger partial charge on any atom is -0.384 e. The van der Waals surface area contributed by atoms with E-state index in [1.165, 1.54) is 13.0 Å². The summed E-state index contributed by atoms with van der Waals surface area (Å²) in [6.07, 6.45) is 0.954. The van der Waals surface area contributed by atoms with Crippen molar-refractivity contribution in [3.63, 3.8) is 0 Å². The average Bonchev–Trinajstić information content (AvgIpc) is 2.70. The molecule has 1 aromatic rings. The standard InChI is InChI=1S/C19H19F3N2O3/c1-11(25)17(26)23-16-14-8-3-2-6-12(14)13-7-4-5-9-15(13)24(18(16)27)10-19(20,21)22/h2-9,11-12,14,16,25H,10H2,1H3,(H,23,26)/t11-,12?,14?,16-/m0/s1. The van der Waals surface area contributed by atoms with E-state index in [-0.39, 0.29) is 11.6 Å². The molecule has 5 nitrogen and oxygen atoms in total. The summed E-state index contributed by atoms with van der Waals surface area (Å²) in [5.74, 6) is -2.62. The Morgan fingerprint density at radius 2 is 1.93 bits per heavy atom. The summed E-state index contributed by atoms with van der Waals surface area (Å²) in [4.78, 5) is 25.8.